The molecule has 0 amide bonds. The number of nitrogens with one attached hydrogen (secondary N) is 1. The van der Waals surface area contributed by atoms with Crippen LogP contribution in [-0.2, 0) is 0 Å². The van der Waals surface area contributed by atoms with Gasteiger partial charge in [-0.2, -0.15) is 0 Å². The zero-order valence-electron chi connectivity index (χ0n) is 7.63. The van der Waals surface area contributed by atoms with Gasteiger partial charge in [-0.15, -0.1) is 0 Å². The van der Waals surface area contributed by atoms with Crippen molar-refractivity contribution in [1.29, 1.82) is 0 Å². The first kappa shape index (κ1) is 8.85. The van der Waals surface area contributed by atoms with E-state index in [1.807, 2.05) is 24.3 Å². The molecule has 1 aliphatic heterocycles. The normalized spacial score (nSPS) is 22.3. The molecule has 0 radical (unpaired) electrons. The maximum Gasteiger partial charge on any atom is 0.0520 e. The summed E-state index contributed by atoms with van der Waals surface area (Å²) in [6.45, 7) is 3.26. The maximum atomic E-state index is 5.81. The molecule has 0 aromatic heterocycles. The average Bonchev–Trinajstić information content (AvgIpc) is 2.53. The second kappa shape index (κ2) is 3.56. The Kier molecular flexibility index (Phi) is 2.42. The van der Waals surface area contributed by atoms with Crippen LogP contribution in [0.3, 0.4) is 0 Å². The van der Waals surface area contributed by atoms with E-state index in [4.69, 9.17) is 11.6 Å². The number of hydrogen-bond donors (Lipinski definition) is 1. The highest BCUT2D eigenvalue weighted by Gasteiger charge is 2.17. The van der Waals surface area contributed by atoms with Gasteiger partial charge in [0.2, 0.25) is 0 Å². The quantitative estimate of drug-likeness (QED) is 0.743. The molecule has 1 unspecified atom stereocenters. The van der Waals surface area contributed by atoms with E-state index < -0.39 is 0 Å². The Labute approximate surface area is 83.5 Å². The van der Waals surface area contributed by atoms with Crippen LogP contribution in [0.5, 0.6) is 0 Å². The molecule has 13 heavy (non-hydrogen) atoms. The van der Waals surface area contributed by atoms with Gasteiger partial charge in [0.1, 0.15) is 0 Å². The monoisotopic (exact) mass is 196 g/mol. The molecule has 2 nitrogen and oxygen atoms in total. The largest absolute Gasteiger partial charge is 0.308 e. The molecule has 1 heterocycles. The van der Waals surface area contributed by atoms with Crippen LogP contribution < -0.4 is 10.4 Å². The van der Waals surface area contributed by atoms with Crippen LogP contribution in [0.25, 0.3) is 0 Å². The van der Waals surface area contributed by atoms with E-state index in [0.29, 0.717) is 6.04 Å². The molecule has 0 spiro atoms. The van der Waals surface area contributed by atoms with Crippen LogP contribution in [0.2, 0.25) is 5.02 Å². The summed E-state index contributed by atoms with van der Waals surface area (Å²) < 4.78 is 0. The van der Waals surface area contributed by atoms with Gasteiger partial charge in [0.15, 0.2) is 0 Å². The number of hydrogen-bond acceptors (Lipinski definition) is 2. The first-order valence-corrected chi connectivity index (χ1v) is 4.93. The van der Waals surface area contributed by atoms with Gasteiger partial charge in [-0.3, -0.25) is 0 Å². The van der Waals surface area contributed by atoms with Gasteiger partial charge < -0.3 is 5.01 Å². The van der Waals surface area contributed by atoms with E-state index >= 15 is 0 Å². The third-order valence-corrected chi connectivity index (χ3v) is 2.55. The Bertz CT molecular complexity index is 283. The summed E-state index contributed by atoms with van der Waals surface area (Å²) in [5.41, 5.74) is 4.57. The van der Waals surface area contributed by atoms with Crippen LogP contribution in [0.1, 0.15) is 13.3 Å². The minimum atomic E-state index is 0.579. The van der Waals surface area contributed by atoms with Gasteiger partial charge in [0.25, 0.3) is 0 Å². The lowest BCUT2D eigenvalue weighted by molar-refractivity contribution is 0.642. The molecule has 3 heteroatoms. The molecule has 70 valence electrons. The summed E-state index contributed by atoms with van der Waals surface area (Å²) in [4.78, 5) is 0. The van der Waals surface area contributed by atoms with E-state index in [-0.39, 0.29) is 0 Å². The molecule has 0 bridgehead atoms. The zero-order valence-corrected chi connectivity index (χ0v) is 8.38. The number of rotatable bonds is 1. The van der Waals surface area contributed by atoms with Crippen molar-refractivity contribution in [3.63, 3.8) is 0 Å². The number of benzene rings is 1. The second-order valence-corrected chi connectivity index (χ2v) is 3.88. The van der Waals surface area contributed by atoms with E-state index in [1.54, 1.807) is 0 Å². The molecule has 2 rings (SSSR count). The summed E-state index contributed by atoms with van der Waals surface area (Å²) in [5.74, 6) is 0. The Morgan fingerprint density at radius 2 is 2.08 bits per heavy atom. The van der Waals surface area contributed by atoms with Gasteiger partial charge in [0.05, 0.1) is 5.69 Å². The summed E-state index contributed by atoms with van der Waals surface area (Å²) >= 11 is 5.81. The average molecular weight is 197 g/mol. The molecule has 1 aliphatic rings. The van der Waals surface area contributed by atoms with Gasteiger partial charge in [-0.1, -0.05) is 11.6 Å². The van der Waals surface area contributed by atoms with Crippen LogP contribution in [-0.4, -0.2) is 12.6 Å². The van der Waals surface area contributed by atoms with Crippen molar-refractivity contribution in [2.75, 3.05) is 11.6 Å². The van der Waals surface area contributed by atoms with E-state index in [1.165, 1.54) is 12.1 Å². The van der Waals surface area contributed by atoms with Gasteiger partial charge >= 0.3 is 0 Å². The highest BCUT2D eigenvalue weighted by Crippen LogP contribution is 2.19. The molecule has 1 saturated heterocycles. The Balaban J connectivity index is 2.13. The van der Waals surface area contributed by atoms with Crippen molar-refractivity contribution >= 4 is 17.3 Å². The predicted molar refractivity (Wildman–Crippen MR) is 56.0 cm³/mol. The number of hydrazine groups is 1. The van der Waals surface area contributed by atoms with Gasteiger partial charge in [-0.05, 0) is 37.6 Å². The maximum absolute atomic E-state index is 5.81. The van der Waals surface area contributed by atoms with Gasteiger partial charge in [0, 0.05) is 17.6 Å². The fraction of sp³-hybridized carbons (Fsp3) is 0.400. The molecule has 1 aromatic carbocycles. The highest BCUT2D eigenvalue weighted by atomic mass is 35.5. The van der Waals surface area contributed by atoms with Crippen molar-refractivity contribution in [1.82, 2.24) is 5.43 Å². The molecular formula is C10H13ClN2. The Morgan fingerprint density at radius 1 is 1.38 bits per heavy atom. The summed E-state index contributed by atoms with van der Waals surface area (Å²) in [5, 5.41) is 2.96. The van der Waals surface area contributed by atoms with Crippen molar-refractivity contribution in [2.24, 2.45) is 0 Å². The minimum absolute atomic E-state index is 0.579. The SMILES string of the molecule is CC1CCN(c2ccc(Cl)cc2)N1. The number of halogens is 1. The van der Waals surface area contributed by atoms with Crippen LogP contribution >= 0.6 is 11.6 Å². The smallest absolute Gasteiger partial charge is 0.0520 e. The van der Waals surface area contributed by atoms with Crippen molar-refractivity contribution < 1.29 is 0 Å². The molecule has 1 fully saturated rings. The summed E-state index contributed by atoms with van der Waals surface area (Å²) in [7, 11) is 0. The molecular weight excluding hydrogens is 184 g/mol. The lowest BCUT2D eigenvalue weighted by atomic mass is 10.3. The third-order valence-electron chi connectivity index (χ3n) is 2.30. The Morgan fingerprint density at radius 3 is 2.62 bits per heavy atom. The van der Waals surface area contributed by atoms with Crippen LogP contribution in [0, 0.1) is 0 Å². The van der Waals surface area contributed by atoms with E-state index in [0.717, 1.165) is 11.6 Å². The van der Waals surface area contributed by atoms with Crippen molar-refractivity contribution in [3.05, 3.63) is 29.3 Å². The van der Waals surface area contributed by atoms with Crippen LogP contribution in [0.15, 0.2) is 24.3 Å². The van der Waals surface area contributed by atoms with E-state index in [2.05, 4.69) is 17.4 Å². The number of nitrogens with zero attached hydrogens (tertiary/aromatic N) is 1. The third kappa shape index (κ3) is 1.95. The molecule has 1 aromatic rings. The second-order valence-electron chi connectivity index (χ2n) is 3.45. The first-order chi connectivity index (χ1) is 6.25. The molecule has 0 saturated carbocycles. The fourth-order valence-corrected chi connectivity index (χ4v) is 1.67. The lowest BCUT2D eigenvalue weighted by Crippen LogP contribution is -2.33. The van der Waals surface area contributed by atoms with Crippen LogP contribution in [0.4, 0.5) is 5.69 Å². The van der Waals surface area contributed by atoms with Crippen molar-refractivity contribution in [2.45, 2.75) is 19.4 Å². The molecule has 1 N–H and O–H groups in total. The van der Waals surface area contributed by atoms with Gasteiger partial charge in [-0.25, -0.2) is 5.43 Å². The summed E-state index contributed by atoms with van der Waals surface area (Å²) in [6, 6.07) is 8.49. The highest BCUT2D eigenvalue weighted by molar-refractivity contribution is 6.30. The predicted octanol–water partition coefficient (Wildman–Crippen LogP) is 2.44. The zero-order chi connectivity index (χ0) is 9.26. The Hall–Kier alpha value is -0.730. The number of anilines is 1. The first-order valence-electron chi connectivity index (χ1n) is 4.55. The molecule has 0 aliphatic carbocycles. The minimum Gasteiger partial charge on any atom is -0.308 e. The lowest BCUT2D eigenvalue weighted by Gasteiger charge is -2.18. The standard InChI is InChI=1S/C10H13ClN2/c1-8-6-7-13(12-8)10-4-2-9(11)3-5-10/h2-5,8,12H,6-7H2,1H3. The topological polar surface area (TPSA) is 15.3 Å². The van der Waals surface area contributed by atoms with Crippen molar-refractivity contribution in [3.8, 4) is 0 Å². The summed E-state index contributed by atoms with van der Waals surface area (Å²) in [6.07, 6.45) is 1.20. The fourth-order valence-electron chi connectivity index (χ4n) is 1.54. The van der Waals surface area contributed by atoms with E-state index in [9.17, 15) is 0 Å². The molecule has 1 atom stereocenters.